The molecule has 0 saturated heterocycles. The molecule has 0 radical (unpaired) electrons. The van der Waals surface area contributed by atoms with Crippen molar-refractivity contribution in [2.75, 3.05) is 6.54 Å². The number of hydrogen-bond donors (Lipinski definition) is 0. The summed E-state index contributed by atoms with van der Waals surface area (Å²) >= 11 is 0. The Morgan fingerprint density at radius 3 is 2.50 bits per heavy atom. The van der Waals surface area contributed by atoms with Gasteiger partial charge in [-0.15, -0.1) is 0 Å². The Morgan fingerprint density at radius 2 is 2.50 bits per heavy atom. The van der Waals surface area contributed by atoms with Gasteiger partial charge in [-0.3, -0.25) is 4.85 Å². The van der Waals surface area contributed by atoms with Gasteiger partial charge in [0.1, 0.15) is 0 Å². The van der Waals surface area contributed by atoms with E-state index < -0.39 is 5.97 Å². The molecule has 0 aromatic rings. The number of carbonyl (C=O) groups excluding carboxylic acids is 1. The Morgan fingerprint density at radius 1 is 2.00 bits per heavy atom. The molecule has 0 aromatic heterocycles. The first kappa shape index (κ1) is 4.96. The van der Waals surface area contributed by atoms with Crippen LogP contribution >= 0.6 is 0 Å². The van der Waals surface area contributed by atoms with E-state index in [0.29, 0.717) is 0 Å². The monoisotopic (exact) mass is 86.0 g/mol. The molecule has 0 aliphatic heterocycles. The normalized spacial score (nSPS) is 6.50. The molecule has 0 atom stereocenters. The Bertz CT molecular complexity index is 91.5. The first-order valence-corrected chi connectivity index (χ1v) is 1.35. The van der Waals surface area contributed by atoms with Gasteiger partial charge in [-0.05, 0) is 0 Å². The van der Waals surface area contributed by atoms with Crippen molar-refractivity contribution in [1.29, 1.82) is 0 Å². The van der Waals surface area contributed by atoms with Crippen LogP contribution in [0.2, 0.25) is 0 Å². The zero-order valence-corrected chi connectivity index (χ0v) is 3.06. The lowest BCUT2D eigenvalue weighted by atomic mass is 10.7. The lowest BCUT2D eigenvalue weighted by Gasteiger charge is -1.61. The summed E-state index contributed by atoms with van der Waals surface area (Å²) in [4.78, 5) is 12.1. The van der Waals surface area contributed by atoms with Gasteiger partial charge in [0.05, 0.1) is 4.79 Å². The van der Waals surface area contributed by atoms with Crippen LogP contribution in [0.3, 0.4) is 0 Å². The quantitative estimate of drug-likeness (QED) is 0.303. The van der Waals surface area contributed by atoms with Gasteiger partial charge in [-0.25, -0.2) is 6.57 Å². The standard InChI is InChI=1S/C3H3NO2/c1-4-2-3(5)6/h2H2,(H,5,6)/p+1. The van der Waals surface area contributed by atoms with Gasteiger partial charge in [0.15, 0.2) is 0 Å². The van der Waals surface area contributed by atoms with Crippen LogP contribution in [0.25, 0.3) is 4.85 Å². The van der Waals surface area contributed by atoms with Gasteiger partial charge < -0.3 is 5.11 Å². The summed E-state index contributed by atoms with van der Waals surface area (Å²) in [6, 6.07) is 0. The number of hydrogen-bond acceptors (Lipinski definition) is 1. The second-order valence-corrected chi connectivity index (χ2v) is 0.739. The maximum atomic E-state index is 9.50. The third-order valence-electron chi connectivity index (χ3n) is 0.223. The summed E-state index contributed by atoms with van der Waals surface area (Å²) in [5.74, 6) is -0.815. The lowest BCUT2D eigenvalue weighted by Crippen LogP contribution is -1.95. The highest BCUT2D eigenvalue weighted by molar-refractivity contribution is 5.70. The van der Waals surface area contributed by atoms with Crippen molar-refractivity contribution >= 4 is 5.97 Å². The van der Waals surface area contributed by atoms with Gasteiger partial charge in [-0.2, -0.15) is 0 Å². The zero-order valence-electron chi connectivity index (χ0n) is 3.06. The molecule has 0 aliphatic carbocycles. The van der Waals surface area contributed by atoms with Crippen LogP contribution in [-0.2, 0) is 4.79 Å². The molecule has 2 N–H and O–H groups in total. The first-order valence-electron chi connectivity index (χ1n) is 1.35. The fourth-order valence-electron chi connectivity index (χ4n) is 0.0718. The topological polar surface area (TPSA) is 44.3 Å². The smallest absolute Gasteiger partial charge is 0.559 e. The van der Waals surface area contributed by atoms with E-state index >= 15 is 0 Å². The molecule has 0 bridgehead atoms. The summed E-state index contributed by atoms with van der Waals surface area (Å²) in [6.07, 6.45) is 0. The van der Waals surface area contributed by atoms with E-state index in [9.17, 15) is 4.79 Å². The first-order chi connectivity index (χ1) is 2.77. The Balaban J connectivity index is 3.13. The maximum absolute atomic E-state index is 9.50. The second kappa shape index (κ2) is 2.21. The highest BCUT2D eigenvalue weighted by Gasteiger charge is 2.05. The molecule has 0 spiro atoms. The lowest BCUT2D eigenvalue weighted by molar-refractivity contribution is -0.134. The van der Waals surface area contributed by atoms with Gasteiger partial charge in [0.25, 0.3) is 0 Å². The Kier molecular flexibility index (Phi) is 1.83. The largest absolute Gasteiger partial charge is 0.596 e. The van der Waals surface area contributed by atoms with Gasteiger partial charge in [-0.1, -0.05) is 0 Å². The third-order valence-corrected chi connectivity index (χ3v) is 0.223. The number of nitrogens with zero attached hydrogens (tertiary/aromatic N) is 1. The summed E-state index contributed by atoms with van der Waals surface area (Å²) in [5.41, 5.74) is 0. The third kappa shape index (κ3) is 2.96. The number of rotatable bonds is 1. The molecule has 0 aromatic carbocycles. The van der Waals surface area contributed by atoms with Crippen molar-refractivity contribution < 1.29 is 9.90 Å². The molecule has 0 heterocycles. The van der Waals surface area contributed by atoms with Gasteiger partial charge >= 0.3 is 12.5 Å². The van der Waals surface area contributed by atoms with Crippen LogP contribution in [0.4, 0.5) is 0 Å². The molecular weight excluding hydrogens is 82.0 g/mol. The van der Waals surface area contributed by atoms with E-state index in [4.69, 9.17) is 11.7 Å². The van der Waals surface area contributed by atoms with Crippen molar-refractivity contribution in [3.63, 3.8) is 0 Å². The molecular formula is C3H4NO2+. The Hall–Kier alpha value is -1.04. The van der Waals surface area contributed by atoms with Crippen molar-refractivity contribution in [3.05, 3.63) is 11.4 Å². The molecule has 0 fully saturated rings. The highest BCUT2D eigenvalue weighted by atomic mass is 16.4. The van der Waals surface area contributed by atoms with E-state index in [1.54, 1.807) is 0 Å². The van der Waals surface area contributed by atoms with Crippen LogP contribution in [0.1, 0.15) is 0 Å². The average Bonchev–Trinajstić information content (AvgIpc) is 1.35. The predicted molar refractivity (Wildman–Crippen MR) is 20.1 cm³/mol. The fraction of sp³-hybridized carbons (Fsp3) is 0.333. The van der Waals surface area contributed by atoms with Crippen LogP contribution < -0.4 is 0 Å². The molecule has 3 nitrogen and oxygen atoms in total. The van der Waals surface area contributed by atoms with Crippen molar-refractivity contribution in [2.24, 2.45) is 0 Å². The summed E-state index contributed by atoms with van der Waals surface area (Å²) in [6.45, 7) is 5.71. The minimum Gasteiger partial charge on any atom is -0.559 e. The van der Waals surface area contributed by atoms with Crippen LogP contribution in [0, 0.1) is 6.57 Å². The maximum Gasteiger partial charge on any atom is 0.596 e. The molecule has 0 unspecified atom stereocenters. The van der Waals surface area contributed by atoms with E-state index in [-0.39, 0.29) is 6.54 Å². The van der Waals surface area contributed by atoms with Crippen molar-refractivity contribution in [1.82, 2.24) is 0 Å². The predicted octanol–water partition coefficient (Wildman–Crippen LogP) is -0.843. The highest BCUT2D eigenvalue weighted by Crippen LogP contribution is 1.62. The molecule has 0 saturated carbocycles. The van der Waals surface area contributed by atoms with E-state index in [1.807, 2.05) is 0 Å². The van der Waals surface area contributed by atoms with E-state index in [1.165, 1.54) is 0 Å². The van der Waals surface area contributed by atoms with Crippen molar-refractivity contribution in [2.45, 2.75) is 0 Å². The molecule has 0 rings (SSSR count). The fourth-order valence-corrected chi connectivity index (χ4v) is 0.0718. The number of carbonyl (C=O) groups is 1. The minimum absolute atomic E-state index is 0.306. The summed E-state index contributed by atoms with van der Waals surface area (Å²) < 4.78 is 0. The Labute approximate surface area is 35.0 Å². The van der Waals surface area contributed by atoms with Crippen molar-refractivity contribution in [3.8, 4) is 0 Å². The molecule has 3 heteroatoms. The summed E-state index contributed by atoms with van der Waals surface area (Å²) in [5, 5.41) is 6.12. The minimum atomic E-state index is -0.815. The van der Waals surface area contributed by atoms with Crippen LogP contribution in [0.5, 0.6) is 0 Å². The zero-order chi connectivity index (χ0) is 4.99. The molecule has 0 amide bonds. The molecule has 6 heavy (non-hydrogen) atoms. The van der Waals surface area contributed by atoms with Crippen LogP contribution in [-0.4, -0.2) is 17.6 Å². The van der Waals surface area contributed by atoms with E-state index in [0.717, 1.165) is 0 Å². The van der Waals surface area contributed by atoms with Crippen LogP contribution in [0.15, 0.2) is 0 Å². The molecule has 32 valence electrons. The summed E-state index contributed by atoms with van der Waals surface area (Å²) in [7, 11) is 0. The van der Waals surface area contributed by atoms with E-state index in [2.05, 4.69) is 4.85 Å². The molecule has 0 aliphatic rings. The average molecular weight is 86.1 g/mol. The van der Waals surface area contributed by atoms with Gasteiger partial charge in [0, 0.05) is 0 Å². The second-order valence-electron chi connectivity index (χ2n) is 0.739. The SMILES string of the molecule is [C-]#[N+]CC(=O)[OH2+]. The van der Waals surface area contributed by atoms with Gasteiger partial charge in [0.2, 0.25) is 0 Å².